The quantitative estimate of drug-likeness (QED) is 0.811. The van der Waals surface area contributed by atoms with Gasteiger partial charge in [-0.25, -0.2) is 0 Å². The van der Waals surface area contributed by atoms with Crippen molar-refractivity contribution in [3.63, 3.8) is 0 Å². The van der Waals surface area contributed by atoms with Gasteiger partial charge in [-0.1, -0.05) is 36.9 Å². The summed E-state index contributed by atoms with van der Waals surface area (Å²) in [7, 11) is -1.47. The molecule has 2 rings (SSSR count). The van der Waals surface area contributed by atoms with Gasteiger partial charge in [0.25, 0.3) is 0 Å². The van der Waals surface area contributed by atoms with Crippen molar-refractivity contribution in [3.8, 4) is 17.0 Å². The molecule has 0 atom stereocenters. The van der Waals surface area contributed by atoms with Gasteiger partial charge in [0.05, 0.1) is 0 Å². The summed E-state index contributed by atoms with van der Waals surface area (Å²) in [6.07, 6.45) is 0. The Kier molecular flexibility index (Phi) is 2.59. The van der Waals surface area contributed by atoms with E-state index in [0.717, 1.165) is 10.9 Å². The third-order valence-corrected chi connectivity index (χ3v) is 4.14. The Morgan fingerprint density at radius 2 is 1.88 bits per heavy atom. The molecule has 0 amide bonds. The maximum Gasteiger partial charge on any atom is 0.127 e. The Morgan fingerprint density at radius 3 is 2.44 bits per heavy atom. The number of nitrogens with zero attached hydrogens (tertiary/aromatic N) is 1. The maximum atomic E-state index is 9.71. The molecule has 3 nitrogen and oxygen atoms in total. The van der Waals surface area contributed by atoms with E-state index >= 15 is 0 Å². The van der Waals surface area contributed by atoms with Crippen molar-refractivity contribution in [1.82, 2.24) is 5.16 Å². The summed E-state index contributed by atoms with van der Waals surface area (Å²) >= 11 is 0. The molecule has 1 aromatic heterocycles. The molecule has 0 radical (unpaired) electrons. The first-order chi connectivity index (χ1) is 7.48. The molecular formula is C12H15NO2Si. The number of benzene rings is 1. The fraction of sp³-hybridized carbons (Fsp3) is 0.250. The molecular weight excluding hydrogens is 218 g/mol. The molecule has 0 bridgehead atoms. The first-order valence-electron chi connectivity index (χ1n) is 5.24. The van der Waals surface area contributed by atoms with Gasteiger partial charge in [0.2, 0.25) is 0 Å². The zero-order valence-corrected chi connectivity index (χ0v) is 10.7. The highest BCUT2D eigenvalue weighted by atomic mass is 28.3. The van der Waals surface area contributed by atoms with Gasteiger partial charge in [0.1, 0.15) is 24.9 Å². The second-order valence-electron chi connectivity index (χ2n) is 4.84. The maximum absolute atomic E-state index is 9.71. The summed E-state index contributed by atoms with van der Waals surface area (Å²) in [4.78, 5) is 0. The molecule has 84 valence electrons. The van der Waals surface area contributed by atoms with Crippen molar-refractivity contribution in [3.05, 3.63) is 30.3 Å². The third kappa shape index (κ3) is 2.02. The molecule has 2 aromatic rings. The summed E-state index contributed by atoms with van der Waals surface area (Å²) in [5, 5.41) is 14.7. The molecule has 0 aliphatic heterocycles. The molecule has 1 aromatic carbocycles. The van der Waals surface area contributed by atoms with Crippen LogP contribution in [0.2, 0.25) is 19.6 Å². The van der Waals surface area contributed by atoms with E-state index in [2.05, 4.69) is 24.8 Å². The standard InChI is InChI=1S/C12H15NO2Si/c1-16(2,3)12-8-10(13-15-12)9-6-4-5-7-11(9)14/h4-8,14H,1-3H3. The number of aromatic hydroxyl groups is 1. The molecule has 0 saturated heterocycles. The molecule has 16 heavy (non-hydrogen) atoms. The number of aromatic nitrogens is 1. The van der Waals surface area contributed by atoms with Gasteiger partial charge in [-0.3, -0.25) is 0 Å². The SMILES string of the molecule is C[Si](C)(C)c1cc(-c2ccccc2O)no1. The highest BCUT2D eigenvalue weighted by molar-refractivity contribution is 6.87. The van der Waals surface area contributed by atoms with Crippen molar-refractivity contribution in [2.45, 2.75) is 19.6 Å². The smallest absolute Gasteiger partial charge is 0.127 e. The molecule has 0 fully saturated rings. The normalized spacial score (nSPS) is 11.7. The van der Waals surface area contributed by atoms with Gasteiger partial charge in [0.15, 0.2) is 0 Å². The van der Waals surface area contributed by atoms with Gasteiger partial charge < -0.3 is 9.63 Å². The molecule has 0 spiro atoms. The fourth-order valence-electron chi connectivity index (χ4n) is 1.45. The Morgan fingerprint density at radius 1 is 1.19 bits per heavy atom. The van der Waals surface area contributed by atoms with Crippen LogP contribution in [-0.2, 0) is 0 Å². The molecule has 0 saturated carbocycles. The lowest BCUT2D eigenvalue weighted by atomic mass is 10.1. The summed E-state index contributed by atoms with van der Waals surface area (Å²) in [6, 6.07) is 9.08. The predicted octanol–water partition coefficient (Wildman–Crippen LogP) is 2.59. The zero-order valence-electron chi connectivity index (χ0n) is 9.69. The van der Waals surface area contributed by atoms with E-state index in [0.29, 0.717) is 5.69 Å². The molecule has 0 aliphatic carbocycles. The van der Waals surface area contributed by atoms with Gasteiger partial charge in [-0.15, -0.1) is 0 Å². The van der Waals surface area contributed by atoms with Crippen LogP contribution in [0.5, 0.6) is 5.75 Å². The average molecular weight is 233 g/mol. The van der Waals surface area contributed by atoms with Crippen LogP contribution in [0.3, 0.4) is 0 Å². The molecule has 1 N–H and O–H groups in total. The monoisotopic (exact) mass is 233 g/mol. The number of phenolic OH excluding ortho intramolecular Hbond substituents is 1. The first-order valence-corrected chi connectivity index (χ1v) is 8.74. The number of hydrogen-bond acceptors (Lipinski definition) is 3. The summed E-state index contributed by atoms with van der Waals surface area (Å²) in [6.45, 7) is 6.59. The second-order valence-corrected chi connectivity index (χ2v) is 9.84. The highest BCUT2D eigenvalue weighted by Crippen LogP contribution is 2.26. The second kappa shape index (κ2) is 3.79. The molecule has 4 heteroatoms. The minimum Gasteiger partial charge on any atom is -0.507 e. The van der Waals surface area contributed by atoms with Crippen LogP contribution in [0.4, 0.5) is 0 Å². The fourth-order valence-corrected chi connectivity index (χ4v) is 2.34. The minimum absolute atomic E-state index is 0.234. The van der Waals surface area contributed by atoms with Crippen molar-refractivity contribution in [2.24, 2.45) is 0 Å². The topological polar surface area (TPSA) is 46.3 Å². The zero-order chi connectivity index (χ0) is 11.8. The van der Waals surface area contributed by atoms with Gasteiger partial charge >= 0.3 is 0 Å². The van der Waals surface area contributed by atoms with Crippen LogP contribution >= 0.6 is 0 Å². The van der Waals surface area contributed by atoms with E-state index in [9.17, 15) is 5.11 Å². The highest BCUT2D eigenvalue weighted by Gasteiger charge is 2.23. The number of rotatable bonds is 2. The van der Waals surface area contributed by atoms with Crippen LogP contribution in [0.25, 0.3) is 11.3 Å². The van der Waals surface area contributed by atoms with Crippen molar-refractivity contribution < 1.29 is 9.63 Å². The lowest BCUT2D eigenvalue weighted by Crippen LogP contribution is -2.36. The molecule has 1 heterocycles. The number of phenols is 1. The van der Waals surface area contributed by atoms with Crippen LogP contribution in [0.15, 0.2) is 34.9 Å². The van der Waals surface area contributed by atoms with E-state index in [1.807, 2.05) is 18.2 Å². The van der Waals surface area contributed by atoms with E-state index in [4.69, 9.17) is 4.52 Å². The van der Waals surface area contributed by atoms with Crippen molar-refractivity contribution >= 4 is 13.5 Å². The lowest BCUT2D eigenvalue weighted by Gasteiger charge is -2.08. The van der Waals surface area contributed by atoms with E-state index in [-0.39, 0.29) is 5.75 Å². The molecule has 0 unspecified atom stereocenters. The average Bonchev–Trinajstić information content (AvgIpc) is 2.66. The van der Waals surface area contributed by atoms with E-state index < -0.39 is 8.07 Å². The largest absolute Gasteiger partial charge is 0.507 e. The summed E-state index contributed by atoms with van der Waals surface area (Å²) in [5.74, 6) is 0.234. The predicted molar refractivity (Wildman–Crippen MR) is 66.6 cm³/mol. The van der Waals surface area contributed by atoms with E-state index in [1.165, 1.54) is 0 Å². The Bertz CT molecular complexity index is 500. The van der Waals surface area contributed by atoms with Crippen molar-refractivity contribution in [2.75, 3.05) is 0 Å². The number of hydrogen-bond donors (Lipinski definition) is 1. The van der Waals surface area contributed by atoms with Crippen LogP contribution < -0.4 is 5.38 Å². The van der Waals surface area contributed by atoms with Gasteiger partial charge in [-0.2, -0.15) is 0 Å². The minimum atomic E-state index is -1.47. The van der Waals surface area contributed by atoms with Crippen LogP contribution in [-0.4, -0.2) is 18.3 Å². The Hall–Kier alpha value is -1.55. The van der Waals surface area contributed by atoms with Crippen molar-refractivity contribution in [1.29, 1.82) is 0 Å². The Labute approximate surface area is 95.7 Å². The first kappa shape index (κ1) is 10.9. The third-order valence-electron chi connectivity index (χ3n) is 2.43. The van der Waals surface area contributed by atoms with Crippen LogP contribution in [0, 0.1) is 0 Å². The Balaban J connectivity index is 2.44. The van der Waals surface area contributed by atoms with Gasteiger partial charge in [0, 0.05) is 11.6 Å². The summed E-state index contributed by atoms with van der Waals surface area (Å²) in [5.41, 5.74) is 1.42. The van der Waals surface area contributed by atoms with Crippen LogP contribution in [0.1, 0.15) is 0 Å². The number of para-hydroxylation sites is 1. The van der Waals surface area contributed by atoms with E-state index in [1.54, 1.807) is 12.1 Å². The lowest BCUT2D eigenvalue weighted by molar-refractivity contribution is 0.443. The summed E-state index contributed by atoms with van der Waals surface area (Å²) < 4.78 is 5.34. The molecule has 0 aliphatic rings. The van der Waals surface area contributed by atoms with Gasteiger partial charge in [-0.05, 0) is 12.1 Å².